The Morgan fingerprint density at radius 3 is 2.76 bits per heavy atom. The summed E-state index contributed by atoms with van der Waals surface area (Å²) in [6, 6.07) is 0.0851. The molecule has 1 aliphatic carbocycles. The standard InChI is InChI=1S/C18H27N5OS/c1-5-23-13(4)17(11(2)22-23)21-16(24)10-19-12(3)18-20-14-8-6-7-9-15(14)25-18/h12,19H,5-10H2,1-4H3,(H,21,24). The Morgan fingerprint density at radius 1 is 1.32 bits per heavy atom. The first-order chi connectivity index (χ1) is 12.0. The summed E-state index contributed by atoms with van der Waals surface area (Å²) in [5.41, 5.74) is 3.94. The van der Waals surface area contributed by atoms with Crippen LogP contribution in [0.3, 0.4) is 0 Å². The van der Waals surface area contributed by atoms with Gasteiger partial charge in [0.25, 0.3) is 0 Å². The first-order valence-corrected chi connectivity index (χ1v) is 9.87. The molecule has 0 fully saturated rings. The van der Waals surface area contributed by atoms with Gasteiger partial charge >= 0.3 is 0 Å². The summed E-state index contributed by atoms with van der Waals surface area (Å²) in [6.07, 6.45) is 4.76. The van der Waals surface area contributed by atoms with Crippen molar-refractivity contribution >= 4 is 22.9 Å². The molecule has 1 atom stereocenters. The van der Waals surface area contributed by atoms with Gasteiger partial charge in [0.1, 0.15) is 5.01 Å². The number of amides is 1. The summed E-state index contributed by atoms with van der Waals surface area (Å²) in [5, 5.41) is 11.8. The van der Waals surface area contributed by atoms with Crippen molar-refractivity contribution in [3.63, 3.8) is 0 Å². The Balaban J connectivity index is 1.57. The summed E-state index contributed by atoms with van der Waals surface area (Å²) in [4.78, 5) is 18.5. The predicted molar refractivity (Wildman–Crippen MR) is 101 cm³/mol. The number of hydrogen-bond acceptors (Lipinski definition) is 5. The lowest BCUT2D eigenvalue weighted by Gasteiger charge is -2.11. The van der Waals surface area contributed by atoms with Gasteiger partial charge in [-0.05, 0) is 53.4 Å². The van der Waals surface area contributed by atoms with Gasteiger partial charge in [-0.2, -0.15) is 5.10 Å². The van der Waals surface area contributed by atoms with Crippen LogP contribution in [0.5, 0.6) is 0 Å². The minimum absolute atomic E-state index is 0.0463. The molecule has 0 saturated heterocycles. The van der Waals surface area contributed by atoms with Gasteiger partial charge < -0.3 is 5.32 Å². The molecule has 0 spiro atoms. The molecule has 0 saturated carbocycles. The van der Waals surface area contributed by atoms with Crippen LogP contribution < -0.4 is 10.6 Å². The average Bonchev–Trinajstić information content (AvgIpc) is 3.15. The zero-order valence-electron chi connectivity index (χ0n) is 15.5. The van der Waals surface area contributed by atoms with Gasteiger partial charge in [-0.3, -0.25) is 14.8 Å². The van der Waals surface area contributed by atoms with Crippen molar-refractivity contribution in [2.45, 2.75) is 66.0 Å². The van der Waals surface area contributed by atoms with Crippen LogP contribution in [-0.4, -0.2) is 27.2 Å². The summed E-state index contributed by atoms with van der Waals surface area (Å²) >= 11 is 1.79. The van der Waals surface area contributed by atoms with Crippen molar-refractivity contribution in [3.05, 3.63) is 27.0 Å². The third kappa shape index (κ3) is 3.93. The van der Waals surface area contributed by atoms with Crippen LogP contribution in [0.2, 0.25) is 0 Å². The SMILES string of the molecule is CCn1nc(C)c(NC(=O)CNC(C)c2nc3c(s2)CCCC3)c1C. The highest BCUT2D eigenvalue weighted by Crippen LogP contribution is 2.29. The Bertz CT molecular complexity index is 740. The Kier molecular flexibility index (Phi) is 5.54. The normalized spacial score (nSPS) is 15.0. The van der Waals surface area contributed by atoms with E-state index in [0.717, 1.165) is 41.5 Å². The third-order valence-corrected chi connectivity index (χ3v) is 6.09. The molecule has 2 aromatic rings. The molecule has 0 aromatic carbocycles. The maximum atomic E-state index is 12.3. The largest absolute Gasteiger partial charge is 0.322 e. The molecule has 0 bridgehead atoms. The summed E-state index contributed by atoms with van der Waals surface area (Å²) in [7, 11) is 0. The number of carbonyl (C=O) groups excluding carboxylic acids is 1. The smallest absolute Gasteiger partial charge is 0.238 e. The fourth-order valence-electron chi connectivity index (χ4n) is 3.26. The molecular weight excluding hydrogens is 334 g/mol. The number of aryl methyl sites for hydroxylation is 4. The number of nitrogens with zero attached hydrogens (tertiary/aromatic N) is 3. The molecule has 136 valence electrons. The van der Waals surface area contributed by atoms with Crippen LogP contribution in [0.15, 0.2) is 0 Å². The summed E-state index contributed by atoms with van der Waals surface area (Å²) < 4.78 is 1.90. The number of thiazole rings is 1. The Hall–Kier alpha value is -1.73. The van der Waals surface area contributed by atoms with Crippen molar-refractivity contribution in [1.82, 2.24) is 20.1 Å². The van der Waals surface area contributed by atoms with Gasteiger partial charge in [0.05, 0.1) is 35.4 Å². The van der Waals surface area contributed by atoms with Crippen LogP contribution in [0, 0.1) is 13.8 Å². The second-order valence-electron chi connectivity index (χ2n) is 6.64. The molecule has 1 aliphatic rings. The van der Waals surface area contributed by atoms with Crippen LogP contribution in [-0.2, 0) is 24.2 Å². The lowest BCUT2D eigenvalue weighted by Crippen LogP contribution is -2.30. The third-order valence-electron chi connectivity index (χ3n) is 4.75. The molecule has 2 aromatic heterocycles. The molecule has 1 amide bonds. The number of rotatable bonds is 6. The highest BCUT2D eigenvalue weighted by atomic mass is 32.1. The zero-order valence-corrected chi connectivity index (χ0v) is 16.3. The molecule has 1 unspecified atom stereocenters. The van der Waals surface area contributed by atoms with Crippen molar-refractivity contribution < 1.29 is 4.79 Å². The Labute approximate surface area is 153 Å². The molecule has 0 radical (unpaired) electrons. The monoisotopic (exact) mass is 361 g/mol. The highest BCUT2D eigenvalue weighted by molar-refractivity contribution is 7.11. The van der Waals surface area contributed by atoms with Crippen LogP contribution in [0.25, 0.3) is 0 Å². The average molecular weight is 362 g/mol. The number of carbonyl (C=O) groups is 1. The van der Waals surface area contributed by atoms with Crippen molar-refractivity contribution in [3.8, 4) is 0 Å². The quantitative estimate of drug-likeness (QED) is 0.829. The van der Waals surface area contributed by atoms with E-state index in [4.69, 9.17) is 4.98 Å². The molecular formula is C18H27N5OS. The maximum absolute atomic E-state index is 12.3. The number of fused-ring (bicyclic) bond motifs is 1. The lowest BCUT2D eigenvalue weighted by atomic mass is 10.0. The number of nitrogens with one attached hydrogen (secondary N) is 2. The molecule has 2 N–H and O–H groups in total. The van der Waals surface area contributed by atoms with E-state index in [0.29, 0.717) is 0 Å². The van der Waals surface area contributed by atoms with E-state index in [-0.39, 0.29) is 18.5 Å². The zero-order chi connectivity index (χ0) is 18.0. The van der Waals surface area contributed by atoms with E-state index in [1.54, 1.807) is 11.3 Å². The lowest BCUT2D eigenvalue weighted by molar-refractivity contribution is -0.115. The number of aromatic nitrogens is 3. The second kappa shape index (κ2) is 7.66. The van der Waals surface area contributed by atoms with E-state index in [2.05, 4.69) is 22.7 Å². The first kappa shape index (κ1) is 18.1. The fraction of sp³-hybridized carbons (Fsp3) is 0.611. The number of hydrogen-bond donors (Lipinski definition) is 2. The van der Waals surface area contributed by atoms with Gasteiger partial charge in [0.15, 0.2) is 0 Å². The molecule has 3 rings (SSSR count). The topological polar surface area (TPSA) is 71.8 Å². The van der Waals surface area contributed by atoms with Crippen LogP contribution in [0.4, 0.5) is 5.69 Å². The first-order valence-electron chi connectivity index (χ1n) is 9.05. The van der Waals surface area contributed by atoms with Crippen molar-refractivity contribution in [2.75, 3.05) is 11.9 Å². The van der Waals surface area contributed by atoms with Crippen molar-refractivity contribution in [2.24, 2.45) is 0 Å². The fourth-order valence-corrected chi connectivity index (χ4v) is 4.44. The molecule has 0 aliphatic heterocycles. The molecule has 6 nitrogen and oxygen atoms in total. The number of anilines is 1. The maximum Gasteiger partial charge on any atom is 0.238 e. The van der Waals surface area contributed by atoms with Crippen LogP contribution >= 0.6 is 11.3 Å². The van der Waals surface area contributed by atoms with E-state index in [1.807, 2.05) is 25.5 Å². The Morgan fingerprint density at radius 2 is 2.08 bits per heavy atom. The predicted octanol–water partition coefficient (Wildman–Crippen LogP) is 3.14. The molecule has 25 heavy (non-hydrogen) atoms. The molecule has 2 heterocycles. The van der Waals surface area contributed by atoms with E-state index in [9.17, 15) is 4.79 Å². The highest BCUT2D eigenvalue weighted by Gasteiger charge is 2.19. The minimum atomic E-state index is -0.0463. The van der Waals surface area contributed by atoms with Gasteiger partial charge in [-0.1, -0.05) is 0 Å². The summed E-state index contributed by atoms with van der Waals surface area (Å²) in [6.45, 7) is 9.08. The second-order valence-corrected chi connectivity index (χ2v) is 7.76. The van der Waals surface area contributed by atoms with Crippen molar-refractivity contribution in [1.29, 1.82) is 0 Å². The van der Waals surface area contributed by atoms with Gasteiger partial charge in [0.2, 0.25) is 5.91 Å². The van der Waals surface area contributed by atoms with E-state index in [1.165, 1.54) is 23.4 Å². The van der Waals surface area contributed by atoms with E-state index < -0.39 is 0 Å². The molecule has 7 heteroatoms. The van der Waals surface area contributed by atoms with E-state index >= 15 is 0 Å². The van der Waals surface area contributed by atoms with Gasteiger partial charge in [0, 0.05) is 11.4 Å². The van der Waals surface area contributed by atoms with Crippen LogP contribution in [0.1, 0.15) is 59.7 Å². The van der Waals surface area contributed by atoms with Gasteiger partial charge in [-0.25, -0.2) is 4.98 Å². The minimum Gasteiger partial charge on any atom is -0.322 e. The summed E-state index contributed by atoms with van der Waals surface area (Å²) in [5.74, 6) is -0.0463. The van der Waals surface area contributed by atoms with Gasteiger partial charge in [-0.15, -0.1) is 11.3 Å².